The minimum atomic E-state index is -1.15. The van der Waals surface area contributed by atoms with Crippen LogP contribution in [0.4, 0.5) is 0 Å². The normalized spacial score (nSPS) is 10.8. The number of furan rings is 1. The van der Waals surface area contributed by atoms with Crippen molar-refractivity contribution in [3.8, 4) is 5.75 Å². The number of ether oxygens (including phenoxy) is 1. The molecule has 0 bridgehead atoms. The largest absolute Gasteiger partial charge is 0.480 e. The molecule has 0 saturated heterocycles. The average Bonchev–Trinajstić information content (AvgIpc) is 2.99. The Morgan fingerprint density at radius 2 is 1.83 bits per heavy atom. The number of carbonyl (C=O) groups excluding carboxylic acids is 1. The molecule has 7 heteroatoms. The van der Waals surface area contributed by atoms with Crippen LogP contribution in [0.5, 0.6) is 5.75 Å². The molecular weight excluding hydrogens is 355 g/mol. The molecule has 0 saturated carbocycles. The predicted octanol–water partition coefficient (Wildman–Crippen LogP) is 4.43. The number of para-hydroxylation sites is 1. The molecule has 0 atom stereocenters. The highest BCUT2D eigenvalue weighted by Gasteiger charge is 2.21. The number of fused-ring (bicyclic) bond motifs is 1. The number of aliphatic carboxylic acids is 1. The van der Waals surface area contributed by atoms with Crippen molar-refractivity contribution in [2.45, 2.75) is 0 Å². The van der Waals surface area contributed by atoms with E-state index in [1.807, 2.05) is 12.1 Å². The second kappa shape index (κ2) is 6.55. The molecule has 0 amide bonds. The summed E-state index contributed by atoms with van der Waals surface area (Å²) >= 11 is 12.2. The molecule has 0 radical (unpaired) electrons. The van der Waals surface area contributed by atoms with Gasteiger partial charge in [-0.25, -0.2) is 4.79 Å². The van der Waals surface area contributed by atoms with E-state index in [9.17, 15) is 9.59 Å². The molecule has 0 fully saturated rings. The SMILES string of the molecule is O=C(O)COc1ccc(C(=O)c2cc3ccccc3o2)c(Cl)c1Cl. The summed E-state index contributed by atoms with van der Waals surface area (Å²) in [5, 5.41) is 9.37. The molecular formula is C17H10Cl2O5. The maximum Gasteiger partial charge on any atom is 0.341 e. The first-order chi connectivity index (χ1) is 11.5. The fraction of sp³-hybridized carbons (Fsp3) is 0.0588. The molecule has 2 aromatic carbocycles. The van der Waals surface area contributed by atoms with E-state index in [1.165, 1.54) is 12.1 Å². The lowest BCUT2D eigenvalue weighted by atomic mass is 10.1. The maximum atomic E-state index is 12.6. The second-order valence-corrected chi connectivity index (χ2v) is 5.66. The van der Waals surface area contributed by atoms with Gasteiger partial charge in [-0.2, -0.15) is 0 Å². The summed E-state index contributed by atoms with van der Waals surface area (Å²) in [6.45, 7) is -0.563. The van der Waals surface area contributed by atoms with E-state index < -0.39 is 18.4 Å². The zero-order chi connectivity index (χ0) is 17.3. The molecule has 0 aliphatic rings. The summed E-state index contributed by atoms with van der Waals surface area (Å²) < 4.78 is 10.5. The van der Waals surface area contributed by atoms with Crippen molar-refractivity contribution >= 4 is 45.9 Å². The van der Waals surface area contributed by atoms with Crippen LogP contribution in [-0.4, -0.2) is 23.5 Å². The topological polar surface area (TPSA) is 76.7 Å². The predicted molar refractivity (Wildman–Crippen MR) is 89.2 cm³/mol. The van der Waals surface area contributed by atoms with E-state index in [0.29, 0.717) is 5.58 Å². The van der Waals surface area contributed by atoms with Crippen molar-refractivity contribution in [1.29, 1.82) is 0 Å². The van der Waals surface area contributed by atoms with Crippen molar-refractivity contribution in [2.24, 2.45) is 0 Å². The van der Waals surface area contributed by atoms with Gasteiger partial charge in [0.15, 0.2) is 12.4 Å². The number of hydrogen-bond donors (Lipinski definition) is 1. The molecule has 1 heterocycles. The Labute approximate surface area is 146 Å². The Morgan fingerprint density at radius 3 is 2.54 bits per heavy atom. The molecule has 1 N–H and O–H groups in total. The van der Waals surface area contributed by atoms with Crippen LogP contribution >= 0.6 is 23.2 Å². The first kappa shape index (κ1) is 16.4. The Kier molecular flexibility index (Phi) is 4.46. The number of ketones is 1. The van der Waals surface area contributed by atoms with Gasteiger partial charge in [-0.1, -0.05) is 41.4 Å². The fourth-order valence-electron chi connectivity index (χ4n) is 2.18. The molecule has 5 nitrogen and oxygen atoms in total. The Hall–Kier alpha value is -2.50. The zero-order valence-corrected chi connectivity index (χ0v) is 13.6. The molecule has 0 unspecified atom stereocenters. The van der Waals surface area contributed by atoms with Gasteiger partial charge in [0.25, 0.3) is 0 Å². The third-order valence-electron chi connectivity index (χ3n) is 3.29. The highest BCUT2D eigenvalue weighted by Crippen LogP contribution is 2.36. The van der Waals surface area contributed by atoms with Crippen LogP contribution in [0, 0.1) is 0 Å². The van der Waals surface area contributed by atoms with Gasteiger partial charge in [-0.3, -0.25) is 4.79 Å². The summed E-state index contributed by atoms with van der Waals surface area (Å²) in [6.07, 6.45) is 0. The highest BCUT2D eigenvalue weighted by molar-refractivity contribution is 6.45. The number of rotatable bonds is 5. The summed E-state index contributed by atoms with van der Waals surface area (Å²) in [5.41, 5.74) is 0.730. The minimum absolute atomic E-state index is 0.0231. The number of carboxylic acids is 1. The summed E-state index contributed by atoms with van der Waals surface area (Å²) in [6, 6.07) is 11.7. The van der Waals surface area contributed by atoms with Crippen LogP contribution < -0.4 is 4.74 Å². The lowest BCUT2D eigenvalue weighted by Gasteiger charge is -2.09. The number of hydrogen-bond acceptors (Lipinski definition) is 4. The summed E-state index contributed by atoms with van der Waals surface area (Å²) in [5.74, 6) is -1.36. The van der Waals surface area contributed by atoms with Crippen LogP contribution in [0.2, 0.25) is 10.0 Å². The number of benzene rings is 2. The second-order valence-electron chi connectivity index (χ2n) is 4.90. The van der Waals surface area contributed by atoms with E-state index in [1.54, 1.807) is 18.2 Å². The summed E-state index contributed by atoms with van der Waals surface area (Å²) in [7, 11) is 0. The molecule has 0 aliphatic heterocycles. The van der Waals surface area contributed by atoms with Crippen LogP contribution in [0.1, 0.15) is 16.1 Å². The van der Waals surface area contributed by atoms with E-state index in [4.69, 9.17) is 37.5 Å². The number of carboxylic acid groups (broad SMARTS) is 1. The van der Waals surface area contributed by atoms with E-state index in [0.717, 1.165) is 5.39 Å². The van der Waals surface area contributed by atoms with E-state index in [2.05, 4.69) is 0 Å². The molecule has 0 spiro atoms. The fourth-order valence-corrected chi connectivity index (χ4v) is 2.65. The Bertz CT molecular complexity index is 912. The van der Waals surface area contributed by atoms with Gasteiger partial charge in [-0.15, -0.1) is 0 Å². The van der Waals surface area contributed by atoms with E-state index in [-0.39, 0.29) is 27.1 Å². The van der Waals surface area contributed by atoms with Gasteiger partial charge in [0.05, 0.1) is 5.02 Å². The van der Waals surface area contributed by atoms with Crippen LogP contribution in [0.15, 0.2) is 46.9 Å². The average molecular weight is 365 g/mol. The van der Waals surface area contributed by atoms with Crippen molar-refractivity contribution in [3.05, 3.63) is 63.8 Å². The van der Waals surface area contributed by atoms with Gasteiger partial charge in [0, 0.05) is 10.9 Å². The Balaban J connectivity index is 1.95. The van der Waals surface area contributed by atoms with Crippen molar-refractivity contribution in [3.63, 3.8) is 0 Å². The van der Waals surface area contributed by atoms with Gasteiger partial charge < -0.3 is 14.3 Å². The molecule has 122 valence electrons. The quantitative estimate of drug-likeness (QED) is 0.677. The van der Waals surface area contributed by atoms with Gasteiger partial charge in [-0.05, 0) is 24.3 Å². The van der Waals surface area contributed by atoms with Gasteiger partial charge >= 0.3 is 5.97 Å². The molecule has 24 heavy (non-hydrogen) atoms. The zero-order valence-electron chi connectivity index (χ0n) is 12.1. The van der Waals surface area contributed by atoms with Crippen LogP contribution in [0.25, 0.3) is 11.0 Å². The lowest BCUT2D eigenvalue weighted by molar-refractivity contribution is -0.139. The number of halogens is 2. The van der Waals surface area contributed by atoms with Crippen LogP contribution in [-0.2, 0) is 4.79 Å². The minimum Gasteiger partial charge on any atom is -0.480 e. The molecule has 3 aromatic rings. The molecule has 3 rings (SSSR count). The lowest BCUT2D eigenvalue weighted by Crippen LogP contribution is -2.10. The monoisotopic (exact) mass is 364 g/mol. The molecule has 1 aromatic heterocycles. The Morgan fingerprint density at radius 1 is 1.08 bits per heavy atom. The van der Waals surface area contributed by atoms with Crippen molar-refractivity contribution < 1.29 is 23.8 Å². The first-order valence-corrected chi connectivity index (χ1v) is 7.59. The smallest absolute Gasteiger partial charge is 0.341 e. The first-order valence-electron chi connectivity index (χ1n) is 6.83. The van der Waals surface area contributed by atoms with Gasteiger partial charge in [0.1, 0.15) is 16.4 Å². The standard InChI is InChI=1S/C17H10Cl2O5/c18-15-10(5-6-12(16(15)19)23-8-14(20)21)17(22)13-7-9-3-1-2-4-11(9)24-13/h1-7H,8H2,(H,20,21). The molecule has 0 aliphatic carbocycles. The third-order valence-corrected chi connectivity index (χ3v) is 4.16. The van der Waals surface area contributed by atoms with Crippen molar-refractivity contribution in [1.82, 2.24) is 0 Å². The highest BCUT2D eigenvalue weighted by atomic mass is 35.5. The maximum absolute atomic E-state index is 12.6. The number of carbonyl (C=O) groups is 2. The summed E-state index contributed by atoms with van der Waals surface area (Å²) in [4.78, 5) is 23.1. The third kappa shape index (κ3) is 3.09. The van der Waals surface area contributed by atoms with Crippen molar-refractivity contribution in [2.75, 3.05) is 6.61 Å². The van der Waals surface area contributed by atoms with Crippen LogP contribution in [0.3, 0.4) is 0 Å². The van der Waals surface area contributed by atoms with Gasteiger partial charge in [0.2, 0.25) is 5.78 Å². The van der Waals surface area contributed by atoms with E-state index >= 15 is 0 Å².